The molecule has 0 unspecified atom stereocenters. The van der Waals surface area contributed by atoms with Crippen molar-refractivity contribution in [2.75, 3.05) is 6.61 Å². The second kappa shape index (κ2) is 9.52. The number of benzene rings is 1. The zero-order chi connectivity index (χ0) is 15.5. The van der Waals surface area contributed by atoms with E-state index in [9.17, 15) is 0 Å². The summed E-state index contributed by atoms with van der Waals surface area (Å²) in [5.41, 5.74) is 3.88. The van der Waals surface area contributed by atoms with Gasteiger partial charge in [0.25, 0.3) is 0 Å². The Morgan fingerprint density at radius 3 is 2.68 bits per heavy atom. The Bertz CT molecular complexity index is 556. The number of pyridine rings is 1. The van der Waals surface area contributed by atoms with Gasteiger partial charge in [0.15, 0.2) is 0 Å². The molecule has 5 heteroatoms. The standard InChI is InChI=1S/C17H21N3O2/c21-20-14-19-16-10-11-17(18-13-16)22-12-6-2-5-9-15-7-3-1-4-8-15/h1,3-4,7-8,10-11,13-14,21H,2,5-6,9,12H2,(H,19,20). The number of hydroxylamine groups is 1. The fourth-order valence-electron chi connectivity index (χ4n) is 2.07. The quantitative estimate of drug-likeness (QED) is 0.322. The first-order valence-corrected chi connectivity index (χ1v) is 7.43. The van der Waals surface area contributed by atoms with Crippen LogP contribution in [0.5, 0.6) is 5.88 Å². The molecule has 0 bridgehead atoms. The van der Waals surface area contributed by atoms with Crippen LogP contribution in [0.1, 0.15) is 24.8 Å². The van der Waals surface area contributed by atoms with Gasteiger partial charge in [0.2, 0.25) is 5.88 Å². The van der Waals surface area contributed by atoms with Gasteiger partial charge in [0, 0.05) is 6.07 Å². The summed E-state index contributed by atoms with van der Waals surface area (Å²) in [6.07, 6.45) is 7.22. The van der Waals surface area contributed by atoms with Crippen LogP contribution in [0.15, 0.2) is 53.7 Å². The molecule has 116 valence electrons. The minimum atomic E-state index is 0.596. The van der Waals surface area contributed by atoms with E-state index >= 15 is 0 Å². The lowest BCUT2D eigenvalue weighted by Crippen LogP contribution is -2.01. The molecule has 2 rings (SSSR count). The second-order valence-corrected chi connectivity index (χ2v) is 4.89. The summed E-state index contributed by atoms with van der Waals surface area (Å²) < 4.78 is 5.59. The van der Waals surface area contributed by atoms with E-state index in [-0.39, 0.29) is 0 Å². The van der Waals surface area contributed by atoms with Crippen LogP contribution < -0.4 is 10.2 Å². The molecule has 0 fully saturated rings. The molecule has 0 aliphatic heterocycles. The molecule has 0 amide bonds. The number of aryl methyl sites for hydroxylation is 1. The molecule has 22 heavy (non-hydrogen) atoms. The summed E-state index contributed by atoms with van der Waals surface area (Å²) in [5.74, 6) is 0.596. The highest BCUT2D eigenvalue weighted by Gasteiger charge is 1.97. The number of nitrogens with one attached hydrogen (secondary N) is 1. The largest absolute Gasteiger partial charge is 0.478 e. The lowest BCUT2D eigenvalue weighted by molar-refractivity contribution is 0.240. The minimum absolute atomic E-state index is 0.596. The van der Waals surface area contributed by atoms with Gasteiger partial charge in [-0.1, -0.05) is 30.3 Å². The summed E-state index contributed by atoms with van der Waals surface area (Å²) in [5, 5.41) is 8.40. The van der Waals surface area contributed by atoms with Crippen molar-refractivity contribution in [2.24, 2.45) is 4.99 Å². The molecule has 0 atom stereocenters. The summed E-state index contributed by atoms with van der Waals surface area (Å²) in [7, 11) is 0. The van der Waals surface area contributed by atoms with Crippen LogP contribution in [0, 0.1) is 0 Å². The molecule has 0 aliphatic rings. The van der Waals surface area contributed by atoms with Crippen molar-refractivity contribution >= 4 is 12.0 Å². The maximum atomic E-state index is 8.40. The smallest absolute Gasteiger partial charge is 0.213 e. The predicted molar refractivity (Wildman–Crippen MR) is 86.8 cm³/mol. The first kappa shape index (κ1) is 16.0. The number of aromatic nitrogens is 1. The van der Waals surface area contributed by atoms with E-state index in [4.69, 9.17) is 9.94 Å². The normalized spacial score (nSPS) is 10.8. The molecular formula is C17H21N3O2. The average molecular weight is 299 g/mol. The van der Waals surface area contributed by atoms with Crippen LogP contribution in [0.4, 0.5) is 5.69 Å². The fraction of sp³-hybridized carbons (Fsp3) is 0.294. The maximum Gasteiger partial charge on any atom is 0.213 e. The van der Waals surface area contributed by atoms with E-state index in [1.54, 1.807) is 18.3 Å². The second-order valence-electron chi connectivity index (χ2n) is 4.89. The number of nitrogens with zero attached hydrogens (tertiary/aromatic N) is 2. The van der Waals surface area contributed by atoms with E-state index in [2.05, 4.69) is 34.2 Å². The van der Waals surface area contributed by atoms with E-state index in [0.717, 1.165) is 19.3 Å². The monoisotopic (exact) mass is 299 g/mol. The summed E-state index contributed by atoms with van der Waals surface area (Å²) in [4.78, 5) is 8.06. The Morgan fingerprint density at radius 1 is 1.09 bits per heavy atom. The van der Waals surface area contributed by atoms with Gasteiger partial charge in [0.05, 0.1) is 18.5 Å². The van der Waals surface area contributed by atoms with Crippen molar-refractivity contribution in [2.45, 2.75) is 25.7 Å². The number of hydrogen-bond acceptors (Lipinski definition) is 4. The van der Waals surface area contributed by atoms with Crippen molar-refractivity contribution in [3.63, 3.8) is 0 Å². The average Bonchev–Trinajstić information content (AvgIpc) is 2.58. The third-order valence-corrected chi connectivity index (χ3v) is 3.19. The Hall–Kier alpha value is -2.40. The molecule has 5 nitrogen and oxygen atoms in total. The van der Waals surface area contributed by atoms with E-state index in [1.165, 1.54) is 18.3 Å². The highest BCUT2D eigenvalue weighted by Crippen LogP contribution is 2.14. The van der Waals surface area contributed by atoms with Crippen molar-refractivity contribution in [1.29, 1.82) is 0 Å². The number of ether oxygens (including phenoxy) is 1. The van der Waals surface area contributed by atoms with Gasteiger partial charge in [-0.2, -0.15) is 0 Å². The molecule has 0 saturated heterocycles. The number of aliphatic imine (C=N–C) groups is 1. The van der Waals surface area contributed by atoms with Crippen LogP contribution in [-0.4, -0.2) is 23.1 Å². The molecule has 1 aromatic carbocycles. The van der Waals surface area contributed by atoms with Gasteiger partial charge in [-0.05, 0) is 37.3 Å². The molecule has 1 heterocycles. The third-order valence-electron chi connectivity index (χ3n) is 3.19. The number of rotatable bonds is 9. The molecule has 0 radical (unpaired) electrons. The van der Waals surface area contributed by atoms with Crippen LogP contribution in [0.25, 0.3) is 0 Å². The van der Waals surface area contributed by atoms with Gasteiger partial charge in [-0.15, -0.1) is 0 Å². The van der Waals surface area contributed by atoms with Gasteiger partial charge in [-0.3, -0.25) is 10.7 Å². The molecule has 2 aromatic rings. The van der Waals surface area contributed by atoms with Crippen molar-refractivity contribution in [3.8, 4) is 5.88 Å². The van der Waals surface area contributed by atoms with Crippen molar-refractivity contribution in [3.05, 3.63) is 54.2 Å². The van der Waals surface area contributed by atoms with Gasteiger partial charge < -0.3 is 4.74 Å². The number of hydrogen-bond donors (Lipinski definition) is 2. The summed E-state index contributed by atoms with van der Waals surface area (Å²) >= 11 is 0. The molecule has 0 saturated carbocycles. The van der Waals surface area contributed by atoms with Crippen LogP contribution in [0.2, 0.25) is 0 Å². The van der Waals surface area contributed by atoms with E-state index in [1.807, 2.05) is 11.5 Å². The third kappa shape index (κ3) is 5.93. The molecule has 0 spiro atoms. The van der Waals surface area contributed by atoms with Gasteiger partial charge in [-0.25, -0.2) is 9.98 Å². The topological polar surface area (TPSA) is 66.7 Å². The van der Waals surface area contributed by atoms with E-state index < -0.39 is 0 Å². The van der Waals surface area contributed by atoms with Crippen molar-refractivity contribution < 1.29 is 9.94 Å². The number of unbranched alkanes of at least 4 members (excludes halogenated alkanes) is 2. The van der Waals surface area contributed by atoms with Crippen molar-refractivity contribution in [1.82, 2.24) is 10.5 Å². The van der Waals surface area contributed by atoms with E-state index in [0.29, 0.717) is 18.2 Å². The Morgan fingerprint density at radius 2 is 1.95 bits per heavy atom. The summed E-state index contributed by atoms with van der Waals surface area (Å²) in [6.45, 7) is 0.669. The predicted octanol–water partition coefficient (Wildman–Crippen LogP) is 3.51. The first-order chi connectivity index (χ1) is 10.9. The molecule has 2 N–H and O–H groups in total. The highest BCUT2D eigenvalue weighted by molar-refractivity contribution is 5.59. The fourth-order valence-corrected chi connectivity index (χ4v) is 2.07. The minimum Gasteiger partial charge on any atom is -0.478 e. The lowest BCUT2D eigenvalue weighted by atomic mass is 10.1. The lowest BCUT2D eigenvalue weighted by Gasteiger charge is -2.05. The Kier molecular flexibility index (Phi) is 6.92. The SMILES string of the molecule is ONC=Nc1ccc(OCCCCCc2ccccc2)nc1. The Balaban J connectivity index is 1.59. The van der Waals surface area contributed by atoms with Crippen LogP contribution in [-0.2, 0) is 6.42 Å². The highest BCUT2D eigenvalue weighted by atomic mass is 16.5. The van der Waals surface area contributed by atoms with Gasteiger partial charge in [0.1, 0.15) is 6.34 Å². The van der Waals surface area contributed by atoms with Gasteiger partial charge >= 0.3 is 0 Å². The molecule has 1 aromatic heterocycles. The molecule has 0 aliphatic carbocycles. The maximum absolute atomic E-state index is 8.40. The Labute approximate surface area is 130 Å². The first-order valence-electron chi connectivity index (χ1n) is 7.43. The molecular weight excluding hydrogens is 278 g/mol. The zero-order valence-electron chi connectivity index (χ0n) is 12.5. The summed E-state index contributed by atoms with van der Waals surface area (Å²) in [6, 6.07) is 14.1. The zero-order valence-corrected chi connectivity index (χ0v) is 12.5. The van der Waals surface area contributed by atoms with Crippen LogP contribution >= 0.6 is 0 Å². The van der Waals surface area contributed by atoms with Crippen LogP contribution in [0.3, 0.4) is 0 Å².